The summed E-state index contributed by atoms with van der Waals surface area (Å²) < 4.78 is 13.1. The Morgan fingerprint density at radius 1 is 1.11 bits per heavy atom. The van der Waals surface area contributed by atoms with E-state index in [1.807, 2.05) is 18.2 Å². The van der Waals surface area contributed by atoms with E-state index >= 15 is 0 Å². The molecular weight excluding hydrogens is 239 g/mol. The molecule has 19 heavy (non-hydrogen) atoms. The topological polar surface area (TPSA) is 29.3 Å². The zero-order valence-electron chi connectivity index (χ0n) is 11.1. The number of nitrogens with zero attached hydrogens (tertiary/aromatic N) is 1. The van der Waals surface area contributed by atoms with Crippen LogP contribution < -0.4 is 10.6 Å². The molecule has 0 aromatic heterocycles. The molecule has 3 heteroatoms. The number of benzene rings is 2. The van der Waals surface area contributed by atoms with Gasteiger partial charge < -0.3 is 10.6 Å². The molecule has 0 heterocycles. The summed E-state index contributed by atoms with van der Waals surface area (Å²) in [6.45, 7) is 3.80. The van der Waals surface area contributed by atoms with Crippen molar-refractivity contribution < 1.29 is 4.39 Å². The van der Waals surface area contributed by atoms with E-state index in [-0.39, 0.29) is 5.82 Å². The van der Waals surface area contributed by atoms with Crippen LogP contribution in [0, 0.1) is 5.82 Å². The van der Waals surface area contributed by atoms with Crippen molar-refractivity contribution in [3.63, 3.8) is 0 Å². The number of nitrogen functional groups attached to an aromatic ring is 1. The Hall–Kier alpha value is -2.03. The number of hydrogen-bond acceptors (Lipinski definition) is 2. The molecule has 2 N–H and O–H groups in total. The van der Waals surface area contributed by atoms with E-state index in [2.05, 4.69) is 24.0 Å². The van der Waals surface area contributed by atoms with E-state index in [4.69, 9.17) is 5.73 Å². The second-order valence-electron chi connectivity index (χ2n) is 4.61. The highest BCUT2D eigenvalue weighted by atomic mass is 19.1. The molecule has 0 aliphatic rings. The zero-order valence-corrected chi connectivity index (χ0v) is 11.1. The first kappa shape index (κ1) is 13.4. The van der Waals surface area contributed by atoms with Crippen molar-refractivity contribution in [3.8, 4) is 0 Å². The summed E-state index contributed by atoms with van der Waals surface area (Å²) in [5, 5.41) is 0. The average Bonchev–Trinajstić information content (AvgIpc) is 2.39. The van der Waals surface area contributed by atoms with Crippen LogP contribution in [0.1, 0.15) is 18.9 Å². The van der Waals surface area contributed by atoms with Crippen LogP contribution in [0.3, 0.4) is 0 Å². The van der Waals surface area contributed by atoms with E-state index in [1.54, 1.807) is 6.07 Å². The first-order valence-electron chi connectivity index (χ1n) is 6.54. The fourth-order valence-electron chi connectivity index (χ4n) is 2.17. The molecule has 0 saturated carbocycles. The van der Waals surface area contributed by atoms with Crippen molar-refractivity contribution in [2.75, 3.05) is 17.2 Å². The summed E-state index contributed by atoms with van der Waals surface area (Å²) in [5.74, 6) is -0.294. The summed E-state index contributed by atoms with van der Waals surface area (Å²) in [4.78, 5) is 2.18. The lowest BCUT2D eigenvalue weighted by atomic mass is 10.1. The first-order valence-corrected chi connectivity index (χ1v) is 6.54. The number of nitrogens with two attached hydrogens (primary N) is 1. The lowest BCUT2D eigenvalue weighted by Gasteiger charge is -2.26. The molecule has 0 aliphatic carbocycles. The van der Waals surface area contributed by atoms with Gasteiger partial charge in [-0.3, -0.25) is 0 Å². The Bertz CT molecular complexity index is 526. The van der Waals surface area contributed by atoms with Crippen LogP contribution in [0.4, 0.5) is 15.8 Å². The molecule has 100 valence electrons. The molecule has 2 rings (SSSR count). The number of rotatable bonds is 5. The monoisotopic (exact) mass is 258 g/mol. The quantitative estimate of drug-likeness (QED) is 0.826. The van der Waals surface area contributed by atoms with E-state index in [9.17, 15) is 4.39 Å². The second kappa shape index (κ2) is 6.23. The smallest absolute Gasteiger partial charge is 0.125 e. The Kier molecular flexibility index (Phi) is 4.39. The maximum atomic E-state index is 13.1. The van der Waals surface area contributed by atoms with Crippen molar-refractivity contribution in [3.05, 3.63) is 59.9 Å². The first-order chi connectivity index (χ1) is 9.20. The van der Waals surface area contributed by atoms with Crippen molar-refractivity contribution in [1.29, 1.82) is 0 Å². The summed E-state index contributed by atoms with van der Waals surface area (Å²) in [5.41, 5.74) is 8.53. The largest absolute Gasteiger partial charge is 0.397 e. The molecular formula is C16H19FN2. The maximum Gasteiger partial charge on any atom is 0.125 e. The van der Waals surface area contributed by atoms with Crippen molar-refractivity contribution in [1.82, 2.24) is 0 Å². The van der Waals surface area contributed by atoms with Gasteiger partial charge in [-0.15, -0.1) is 0 Å². The van der Waals surface area contributed by atoms with E-state index in [1.165, 1.54) is 17.7 Å². The Morgan fingerprint density at radius 3 is 2.47 bits per heavy atom. The molecule has 2 aromatic rings. The third-order valence-electron chi connectivity index (χ3n) is 3.04. The molecule has 0 aliphatic heterocycles. The van der Waals surface area contributed by atoms with E-state index in [0.717, 1.165) is 25.2 Å². The summed E-state index contributed by atoms with van der Waals surface area (Å²) in [6, 6.07) is 14.8. The van der Waals surface area contributed by atoms with Gasteiger partial charge in [-0.1, -0.05) is 37.3 Å². The van der Waals surface area contributed by atoms with Gasteiger partial charge in [0.2, 0.25) is 0 Å². The van der Waals surface area contributed by atoms with Crippen LogP contribution >= 0.6 is 0 Å². The predicted molar refractivity (Wildman–Crippen MR) is 78.6 cm³/mol. The van der Waals surface area contributed by atoms with Gasteiger partial charge in [0.15, 0.2) is 0 Å². The van der Waals surface area contributed by atoms with E-state index in [0.29, 0.717) is 5.69 Å². The van der Waals surface area contributed by atoms with Crippen LogP contribution in [-0.4, -0.2) is 6.54 Å². The van der Waals surface area contributed by atoms with Gasteiger partial charge in [0.25, 0.3) is 0 Å². The minimum absolute atomic E-state index is 0.294. The summed E-state index contributed by atoms with van der Waals surface area (Å²) in [7, 11) is 0. The highest BCUT2D eigenvalue weighted by Gasteiger charge is 2.10. The third kappa shape index (κ3) is 3.47. The highest BCUT2D eigenvalue weighted by molar-refractivity contribution is 5.67. The SMILES string of the molecule is CCCN(Cc1ccccc1)c1ccc(F)cc1N. The van der Waals surface area contributed by atoms with Gasteiger partial charge in [-0.2, -0.15) is 0 Å². The van der Waals surface area contributed by atoms with Crippen molar-refractivity contribution in [2.45, 2.75) is 19.9 Å². The molecule has 0 spiro atoms. The zero-order chi connectivity index (χ0) is 13.7. The number of anilines is 2. The van der Waals surface area contributed by atoms with Gasteiger partial charge in [0, 0.05) is 13.1 Å². The Balaban J connectivity index is 2.24. The van der Waals surface area contributed by atoms with Gasteiger partial charge in [-0.05, 0) is 30.2 Å². The van der Waals surface area contributed by atoms with Crippen LogP contribution in [0.15, 0.2) is 48.5 Å². The van der Waals surface area contributed by atoms with Gasteiger partial charge in [-0.25, -0.2) is 4.39 Å². The molecule has 0 unspecified atom stereocenters. The van der Waals surface area contributed by atoms with Crippen LogP contribution in [-0.2, 0) is 6.54 Å². The molecule has 2 aromatic carbocycles. The fraction of sp³-hybridized carbons (Fsp3) is 0.250. The summed E-state index contributed by atoms with van der Waals surface area (Å²) >= 11 is 0. The van der Waals surface area contributed by atoms with E-state index < -0.39 is 0 Å². The maximum absolute atomic E-state index is 13.1. The van der Waals surface area contributed by atoms with Gasteiger partial charge >= 0.3 is 0 Å². The molecule has 0 saturated heterocycles. The third-order valence-corrected chi connectivity index (χ3v) is 3.04. The molecule has 0 radical (unpaired) electrons. The van der Waals surface area contributed by atoms with Gasteiger partial charge in [0.1, 0.15) is 5.82 Å². The lowest BCUT2D eigenvalue weighted by molar-refractivity contribution is 0.628. The minimum Gasteiger partial charge on any atom is -0.397 e. The Morgan fingerprint density at radius 2 is 1.84 bits per heavy atom. The molecule has 2 nitrogen and oxygen atoms in total. The Labute approximate surface area is 113 Å². The number of hydrogen-bond donors (Lipinski definition) is 1. The van der Waals surface area contributed by atoms with Crippen LogP contribution in [0.2, 0.25) is 0 Å². The lowest BCUT2D eigenvalue weighted by Crippen LogP contribution is -2.24. The van der Waals surface area contributed by atoms with Crippen molar-refractivity contribution in [2.24, 2.45) is 0 Å². The second-order valence-corrected chi connectivity index (χ2v) is 4.61. The van der Waals surface area contributed by atoms with Gasteiger partial charge in [0.05, 0.1) is 11.4 Å². The minimum atomic E-state index is -0.294. The molecule has 0 atom stereocenters. The molecule has 0 bridgehead atoms. The standard InChI is InChI=1S/C16H19FN2/c1-2-10-19(12-13-6-4-3-5-7-13)16-9-8-14(17)11-15(16)18/h3-9,11H,2,10,12,18H2,1H3. The predicted octanol–water partition coefficient (Wildman–Crippen LogP) is 3.82. The number of halogens is 1. The van der Waals surface area contributed by atoms with Crippen LogP contribution in [0.5, 0.6) is 0 Å². The normalized spacial score (nSPS) is 10.4. The molecule has 0 fully saturated rings. The van der Waals surface area contributed by atoms with Crippen molar-refractivity contribution >= 4 is 11.4 Å². The average molecular weight is 258 g/mol. The fourth-order valence-corrected chi connectivity index (χ4v) is 2.17. The summed E-state index contributed by atoms with van der Waals surface area (Å²) in [6.07, 6.45) is 1.02. The molecule has 0 amide bonds. The van der Waals surface area contributed by atoms with Crippen LogP contribution in [0.25, 0.3) is 0 Å². The highest BCUT2D eigenvalue weighted by Crippen LogP contribution is 2.25.